The summed E-state index contributed by atoms with van der Waals surface area (Å²) in [5.41, 5.74) is 2.07. The number of sulfonamides is 1. The number of carbonyl (C=O) groups excluding carboxylic acids is 3. The smallest absolute Gasteiger partial charge is 0.410 e. The highest BCUT2D eigenvalue weighted by atomic mass is 32.2. The van der Waals surface area contributed by atoms with Gasteiger partial charge >= 0.3 is 6.09 Å². The van der Waals surface area contributed by atoms with Gasteiger partial charge in [-0.1, -0.05) is 54.6 Å². The number of Topliss-reactive ketones (excluding diaryl/α,β-unsaturated/α-hetero) is 1. The number of para-hydroxylation sites is 2. The minimum absolute atomic E-state index is 0.0228. The molecule has 3 aromatic carbocycles. The molecule has 39 heavy (non-hydrogen) atoms. The zero-order valence-electron chi connectivity index (χ0n) is 20.9. The highest BCUT2D eigenvalue weighted by Crippen LogP contribution is 2.31. The van der Waals surface area contributed by atoms with Crippen LogP contribution >= 0.6 is 0 Å². The molecule has 2 aliphatic rings. The minimum atomic E-state index is -4.19. The molecule has 0 atom stereocenters. The number of nitrogens with two attached hydrogens (primary N) is 1. The van der Waals surface area contributed by atoms with Gasteiger partial charge in [-0.05, 0) is 23.8 Å². The van der Waals surface area contributed by atoms with Gasteiger partial charge in [0.05, 0.1) is 27.5 Å². The van der Waals surface area contributed by atoms with Gasteiger partial charge in [0.25, 0.3) is 0 Å². The lowest BCUT2D eigenvalue weighted by Gasteiger charge is -2.36. The number of fused-ring (bicyclic) bond motifs is 1. The number of nitrogens with one attached hydrogen (secondary N) is 1. The van der Waals surface area contributed by atoms with Gasteiger partial charge in [-0.15, -0.1) is 0 Å². The molecule has 0 radical (unpaired) electrons. The second kappa shape index (κ2) is 10.7. The van der Waals surface area contributed by atoms with Crippen molar-refractivity contribution in [3.8, 4) is 0 Å². The molecular formula is C28H26N4O6S. The van der Waals surface area contributed by atoms with Crippen LogP contribution in [-0.2, 0) is 21.4 Å². The highest BCUT2D eigenvalue weighted by Gasteiger charge is 2.31. The molecule has 1 fully saturated rings. The number of primary sulfonamides is 1. The predicted octanol–water partition coefficient (Wildman–Crippen LogP) is 3.17. The number of allylic oxidation sites excluding steroid dienone is 2. The van der Waals surface area contributed by atoms with Crippen molar-refractivity contribution in [3.63, 3.8) is 0 Å². The Morgan fingerprint density at radius 1 is 0.897 bits per heavy atom. The van der Waals surface area contributed by atoms with E-state index in [0.717, 1.165) is 17.3 Å². The van der Waals surface area contributed by atoms with E-state index in [1.165, 1.54) is 18.2 Å². The lowest BCUT2D eigenvalue weighted by Crippen LogP contribution is -2.49. The summed E-state index contributed by atoms with van der Waals surface area (Å²) < 4.78 is 29.4. The van der Waals surface area contributed by atoms with Gasteiger partial charge in [0, 0.05) is 37.8 Å². The summed E-state index contributed by atoms with van der Waals surface area (Å²) >= 11 is 0. The van der Waals surface area contributed by atoms with Crippen molar-refractivity contribution in [2.24, 2.45) is 5.14 Å². The molecule has 1 heterocycles. The number of amides is 1. The Labute approximate surface area is 225 Å². The van der Waals surface area contributed by atoms with E-state index in [-0.39, 0.29) is 34.4 Å². The van der Waals surface area contributed by atoms with E-state index in [9.17, 15) is 22.8 Å². The minimum Gasteiger partial charge on any atom is -0.445 e. The summed E-state index contributed by atoms with van der Waals surface area (Å²) in [4.78, 5) is 42.0. The first-order valence-electron chi connectivity index (χ1n) is 12.3. The van der Waals surface area contributed by atoms with Crippen LogP contribution < -0.4 is 15.4 Å². The Balaban J connectivity index is 1.28. The van der Waals surface area contributed by atoms with Crippen LogP contribution in [0, 0.1) is 0 Å². The van der Waals surface area contributed by atoms with Crippen LogP contribution in [0.4, 0.5) is 16.2 Å². The van der Waals surface area contributed by atoms with Gasteiger partial charge < -0.3 is 19.9 Å². The third-order valence-corrected chi connectivity index (χ3v) is 7.55. The number of rotatable bonds is 6. The number of piperazine rings is 1. The monoisotopic (exact) mass is 546 g/mol. The van der Waals surface area contributed by atoms with E-state index < -0.39 is 21.6 Å². The van der Waals surface area contributed by atoms with E-state index in [0.29, 0.717) is 31.9 Å². The fourth-order valence-electron chi connectivity index (χ4n) is 4.66. The number of carbonyl (C=O) groups is 3. The van der Waals surface area contributed by atoms with Crippen LogP contribution in [0.25, 0.3) is 0 Å². The maximum absolute atomic E-state index is 13.2. The molecule has 0 aromatic heterocycles. The van der Waals surface area contributed by atoms with E-state index in [2.05, 4.69) is 10.2 Å². The maximum Gasteiger partial charge on any atom is 0.410 e. The lowest BCUT2D eigenvalue weighted by molar-refractivity contribution is 0.0941. The Kier molecular flexibility index (Phi) is 7.18. The Hall–Kier alpha value is -4.48. The number of hydrogen-bond donors (Lipinski definition) is 2. The van der Waals surface area contributed by atoms with Crippen molar-refractivity contribution in [2.75, 3.05) is 36.4 Å². The zero-order chi connectivity index (χ0) is 27.6. The van der Waals surface area contributed by atoms with E-state index in [1.54, 1.807) is 17.0 Å². The number of anilines is 2. The molecule has 11 heteroatoms. The summed E-state index contributed by atoms with van der Waals surface area (Å²) in [5, 5.41) is 8.32. The third-order valence-electron chi connectivity index (χ3n) is 6.60. The molecule has 10 nitrogen and oxygen atoms in total. The van der Waals surface area contributed by atoms with Crippen molar-refractivity contribution < 1.29 is 27.5 Å². The topological polar surface area (TPSA) is 139 Å². The van der Waals surface area contributed by atoms with Crippen LogP contribution in [0.5, 0.6) is 0 Å². The Morgan fingerprint density at radius 3 is 2.31 bits per heavy atom. The van der Waals surface area contributed by atoms with Gasteiger partial charge in [-0.3, -0.25) is 9.59 Å². The normalized spacial score (nSPS) is 15.5. The van der Waals surface area contributed by atoms with Crippen LogP contribution in [0.1, 0.15) is 26.3 Å². The Morgan fingerprint density at radius 2 is 1.59 bits per heavy atom. The SMILES string of the molecule is NS(=O)(=O)c1cccc2c1C(=O)C=C(Nc1ccccc1N1CCN(C(=O)OCc3ccccc3)CC1)C2=O. The molecule has 3 aromatic rings. The second-order valence-electron chi connectivity index (χ2n) is 9.13. The molecule has 5 rings (SSSR count). The van der Waals surface area contributed by atoms with Gasteiger partial charge in [0.1, 0.15) is 6.61 Å². The fraction of sp³-hybridized carbons (Fsp3) is 0.179. The number of benzene rings is 3. The first-order valence-corrected chi connectivity index (χ1v) is 13.8. The number of ether oxygens (including phenoxy) is 1. The second-order valence-corrected chi connectivity index (χ2v) is 10.7. The summed E-state index contributed by atoms with van der Waals surface area (Å²) in [5.74, 6) is -1.15. The van der Waals surface area contributed by atoms with Crippen molar-refractivity contribution in [1.82, 2.24) is 4.90 Å². The molecule has 0 bridgehead atoms. The van der Waals surface area contributed by atoms with Crippen molar-refractivity contribution in [1.29, 1.82) is 0 Å². The van der Waals surface area contributed by atoms with E-state index in [1.807, 2.05) is 42.5 Å². The fourth-order valence-corrected chi connectivity index (χ4v) is 5.42. The molecule has 3 N–H and O–H groups in total. The lowest BCUT2D eigenvalue weighted by atomic mass is 9.92. The summed E-state index contributed by atoms with van der Waals surface area (Å²) in [6, 6.07) is 20.8. The van der Waals surface area contributed by atoms with Gasteiger partial charge in [0.2, 0.25) is 15.8 Å². The average molecular weight is 547 g/mol. The molecule has 1 amide bonds. The molecule has 1 saturated heterocycles. The van der Waals surface area contributed by atoms with Gasteiger partial charge in [0.15, 0.2) is 5.78 Å². The molecule has 200 valence electrons. The van der Waals surface area contributed by atoms with Crippen LogP contribution in [0.15, 0.2) is 89.5 Å². The van der Waals surface area contributed by atoms with Crippen molar-refractivity contribution in [3.05, 3.63) is 101 Å². The first-order chi connectivity index (χ1) is 18.7. The zero-order valence-corrected chi connectivity index (χ0v) is 21.7. The molecular weight excluding hydrogens is 520 g/mol. The van der Waals surface area contributed by atoms with Gasteiger partial charge in [-0.25, -0.2) is 18.4 Å². The molecule has 0 saturated carbocycles. The summed E-state index contributed by atoms with van der Waals surface area (Å²) in [6.07, 6.45) is 0.718. The quantitative estimate of drug-likeness (QED) is 0.481. The largest absolute Gasteiger partial charge is 0.445 e. The van der Waals surface area contributed by atoms with Crippen molar-refractivity contribution >= 4 is 39.1 Å². The molecule has 0 spiro atoms. The number of hydrogen-bond acceptors (Lipinski definition) is 8. The molecule has 1 aliphatic heterocycles. The standard InChI is InChI=1S/C28H26N4O6S/c29-39(36,37)25-12-6-9-20-26(25)24(33)17-22(27(20)34)30-21-10-4-5-11-23(21)31-13-15-32(16-14-31)28(35)38-18-19-7-2-1-3-8-19/h1-12,17,30H,13-16,18H2,(H2,29,36,37). The van der Waals surface area contributed by atoms with E-state index >= 15 is 0 Å². The van der Waals surface area contributed by atoms with Crippen LogP contribution in [0.2, 0.25) is 0 Å². The van der Waals surface area contributed by atoms with Crippen molar-refractivity contribution in [2.45, 2.75) is 11.5 Å². The predicted molar refractivity (Wildman–Crippen MR) is 145 cm³/mol. The number of nitrogens with zero attached hydrogens (tertiary/aromatic N) is 2. The van der Waals surface area contributed by atoms with Crippen LogP contribution in [0.3, 0.4) is 0 Å². The maximum atomic E-state index is 13.2. The molecule has 0 unspecified atom stereocenters. The summed E-state index contributed by atoms with van der Waals surface area (Å²) in [7, 11) is -4.19. The number of ketones is 2. The first kappa shape index (κ1) is 26.1. The highest BCUT2D eigenvalue weighted by molar-refractivity contribution is 7.89. The van der Waals surface area contributed by atoms with Gasteiger partial charge in [-0.2, -0.15) is 0 Å². The Bertz CT molecular complexity index is 1580. The summed E-state index contributed by atoms with van der Waals surface area (Å²) in [6.45, 7) is 2.17. The third kappa shape index (κ3) is 5.54. The van der Waals surface area contributed by atoms with Crippen LogP contribution in [-0.4, -0.2) is 57.2 Å². The average Bonchev–Trinajstić information content (AvgIpc) is 2.94. The molecule has 1 aliphatic carbocycles. The van der Waals surface area contributed by atoms with E-state index in [4.69, 9.17) is 9.88 Å².